The first-order chi connectivity index (χ1) is 17.4. The SMILES string of the molecule is CC(C)C1(Cl)C(=O)N(Cc2c(F)cccc2Cl)c2cc(C(=O)NCc3c(F)cc(F)cc3F)cc(I)c21. The van der Waals surface area contributed by atoms with Crippen molar-refractivity contribution in [3.63, 3.8) is 0 Å². The van der Waals surface area contributed by atoms with Gasteiger partial charge in [-0.1, -0.05) is 31.5 Å². The molecular weight excluding hydrogens is 646 g/mol. The summed E-state index contributed by atoms with van der Waals surface area (Å²) in [5.41, 5.74) is 0.420. The molecule has 1 N–H and O–H groups in total. The van der Waals surface area contributed by atoms with Gasteiger partial charge < -0.3 is 10.2 Å². The van der Waals surface area contributed by atoms with Crippen molar-refractivity contribution in [1.82, 2.24) is 5.32 Å². The fraction of sp³-hybridized carbons (Fsp3) is 0.231. The minimum Gasteiger partial charge on any atom is -0.348 e. The molecule has 3 aromatic carbocycles. The number of benzene rings is 3. The van der Waals surface area contributed by atoms with E-state index in [4.69, 9.17) is 23.2 Å². The highest BCUT2D eigenvalue weighted by Crippen LogP contribution is 2.52. The van der Waals surface area contributed by atoms with E-state index >= 15 is 0 Å². The third-order valence-corrected chi connectivity index (χ3v) is 8.24. The van der Waals surface area contributed by atoms with Crippen LogP contribution in [0.4, 0.5) is 23.2 Å². The van der Waals surface area contributed by atoms with E-state index in [9.17, 15) is 27.2 Å². The van der Waals surface area contributed by atoms with Crippen molar-refractivity contribution < 1.29 is 27.2 Å². The van der Waals surface area contributed by atoms with Crippen LogP contribution in [0.5, 0.6) is 0 Å². The van der Waals surface area contributed by atoms with Crippen molar-refractivity contribution in [3.8, 4) is 0 Å². The van der Waals surface area contributed by atoms with E-state index < -0.39 is 52.1 Å². The van der Waals surface area contributed by atoms with Crippen LogP contribution in [0.2, 0.25) is 5.02 Å². The number of nitrogens with one attached hydrogen (secondary N) is 1. The predicted octanol–water partition coefficient (Wildman–Crippen LogP) is 7.07. The molecule has 0 aromatic heterocycles. The number of carbonyl (C=O) groups excluding carboxylic acids is 2. The lowest BCUT2D eigenvalue weighted by Crippen LogP contribution is -2.40. The summed E-state index contributed by atoms with van der Waals surface area (Å²) in [4.78, 5) is 26.4. The van der Waals surface area contributed by atoms with Gasteiger partial charge >= 0.3 is 0 Å². The molecule has 11 heteroatoms. The normalized spacial score (nSPS) is 16.9. The van der Waals surface area contributed by atoms with Gasteiger partial charge in [-0.05, 0) is 52.8 Å². The Labute approximate surface area is 234 Å². The lowest BCUT2D eigenvalue weighted by molar-refractivity contribution is -0.121. The minimum atomic E-state index is -1.47. The maximum Gasteiger partial charge on any atom is 0.253 e. The molecule has 1 atom stereocenters. The summed E-state index contributed by atoms with van der Waals surface area (Å²) in [6.07, 6.45) is 0. The number of carbonyl (C=O) groups is 2. The Balaban J connectivity index is 1.73. The fourth-order valence-electron chi connectivity index (χ4n) is 4.25. The van der Waals surface area contributed by atoms with Crippen molar-refractivity contribution in [3.05, 3.63) is 96.6 Å². The van der Waals surface area contributed by atoms with Gasteiger partial charge in [-0.2, -0.15) is 0 Å². The lowest BCUT2D eigenvalue weighted by atomic mass is 9.88. The van der Waals surface area contributed by atoms with E-state index in [0.29, 0.717) is 27.0 Å². The predicted molar refractivity (Wildman–Crippen MR) is 142 cm³/mol. The highest BCUT2D eigenvalue weighted by molar-refractivity contribution is 14.1. The molecule has 0 radical (unpaired) electrons. The molecule has 3 aromatic rings. The number of halogens is 7. The van der Waals surface area contributed by atoms with Crippen molar-refractivity contribution in [2.45, 2.75) is 31.8 Å². The quantitative estimate of drug-likeness (QED) is 0.174. The molecule has 0 bridgehead atoms. The average Bonchev–Trinajstić information content (AvgIpc) is 3.03. The second-order valence-electron chi connectivity index (χ2n) is 8.84. The van der Waals surface area contributed by atoms with Crippen molar-refractivity contribution in [1.29, 1.82) is 0 Å². The first kappa shape index (κ1) is 27.7. The molecule has 0 aliphatic carbocycles. The molecule has 2 amide bonds. The zero-order valence-electron chi connectivity index (χ0n) is 19.4. The van der Waals surface area contributed by atoms with Crippen molar-refractivity contribution >= 4 is 63.3 Å². The Morgan fingerprint density at radius 1 is 1.05 bits per heavy atom. The molecule has 1 unspecified atom stereocenters. The standard InChI is InChI=1S/C26H19Cl2F4IN2O2/c1-12(2)26(28)23-21(33)6-13(24(36)34-10-15-19(31)8-14(29)9-20(15)32)7-22(23)35(25(26)37)11-16-17(27)4-3-5-18(16)30/h3-9,12H,10-11H2,1-2H3,(H,34,36). The van der Waals surface area contributed by atoms with Crippen molar-refractivity contribution in [2.24, 2.45) is 5.92 Å². The zero-order chi connectivity index (χ0) is 27.2. The van der Waals surface area contributed by atoms with Crippen LogP contribution >= 0.6 is 45.8 Å². The van der Waals surface area contributed by atoms with Crippen molar-refractivity contribution in [2.75, 3.05) is 4.90 Å². The topological polar surface area (TPSA) is 49.4 Å². The van der Waals surface area contributed by atoms with E-state index in [-0.39, 0.29) is 28.6 Å². The Hall–Kier alpha value is -2.37. The van der Waals surface area contributed by atoms with Gasteiger partial charge in [0.05, 0.1) is 12.2 Å². The number of hydrogen-bond acceptors (Lipinski definition) is 2. The van der Waals surface area contributed by atoms with Crippen LogP contribution in [0, 0.1) is 32.8 Å². The second-order valence-corrected chi connectivity index (χ2v) is 11.0. The third kappa shape index (κ3) is 4.93. The van der Waals surface area contributed by atoms with Gasteiger partial charge in [0, 0.05) is 49.5 Å². The molecule has 194 valence electrons. The molecule has 1 heterocycles. The summed E-state index contributed by atoms with van der Waals surface area (Å²) in [5, 5.41) is 2.53. The molecular formula is C26H19Cl2F4IN2O2. The summed E-state index contributed by atoms with van der Waals surface area (Å²) in [6, 6.07) is 8.12. The van der Waals surface area contributed by atoms with E-state index in [2.05, 4.69) is 5.32 Å². The van der Waals surface area contributed by atoms with Gasteiger partial charge in [-0.3, -0.25) is 9.59 Å². The van der Waals surface area contributed by atoms with Crippen LogP contribution in [0.3, 0.4) is 0 Å². The molecule has 0 spiro atoms. The van der Waals surface area contributed by atoms with Crippen LogP contribution in [-0.2, 0) is 22.8 Å². The van der Waals surface area contributed by atoms with E-state index in [1.165, 1.54) is 35.2 Å². The van der Waals surface area contributed by atoms with E-state index in [0.717, 1.165) is 0 Å². The number of alkyl halides is 1. The van der Waals surface area contributed by atoms with Crippen LogP contribution in [0.15, 0.2) is 42.5 Å². The highest BCUT2D eigenvalue weighted by Gasteiger charge is 2.53. The molecule has 0 fully saturated rings. The molecule has 37 heavy (non-hydrogen) atoms. The fourth-order valence-corrected chi connectivity index (χ4v) is 5.97. The lowest BCUT2D eigenvalue weighted by Gasteiger charge is -2.26. The first-order valence-electron chi connectivity index (χ1n) is 11.1. The summed E-state index contributed by atoms with van der Waals surface area (Å²) in [6.45, 7) is 2.78. The maximum absolute atomic E-state index is 14.6. The molecule has 1 aliphatic heterocycles. The van der Waals surface area contributed by atoms with E-state index in [1.807, 2.05) is 22.6 Å². The average molecular weight is 665 g/mol. The Kier molecular flexibility index (Phi) is 7.79. The number of fused-ring (bicyclic) bond motifs is 1. The summed E-state index contributed by atoms with van der Waals surface area (Å²) >= 11 is 15.1. The first-order valence-corrected chi connectivity index (χ1v) is 12.9. The van der Waals surface area contributed by atoms with Gasteiger partial charge in [0.15, 0.2) is 4.87 Å². The zero-order valence-corrected chi connectivity index (χ0v) is 23.1. The number of hydrogen-bond donors (Lipinski definition) is 1. The van der Waals surface area contributed by atoms with Gasteiger partial charge in [-0.25, -0.2) is 17.6 Å². The largest absolute Gasteiger partial charge is 0.348 e. The monoisotopic (exact) mass is 664 g/mol. The van der Waals surface area contributed by atoms with Gasteiger partial charge in [0.1, 0.15) is 23.3 Å². The van der Waals surface area contributed by atoms with E-state index in [1.54, 1.807) is 13.8 Å². The summed E-state index contributed by atoms with van der Waals surface area (Å²) in [7, 11) is 0. The second kappa shape index (κ2) is 10.4. The molecule has 4 rings (SSSR count). The number of amides is 2. The van der Waals surface area contributed by atoms with Crippen LogP contribution < -0.4 is 10.2 Å². The molecule has 0 saturated carbocycles. The maximum atomic E-state index is 14.6. The Morgan fingerprint density at radius 3 is 2.30 bits per heavy atom. The molecule has 0 saturated heterocycles. The summed E-state index contributed by atoms with van der Waals surface area (Å²) in [5.74, 6) is -5.51. The summed E-state index contributed by atoms with van der Waals surface area (Å²) < 4.78 is 56.3. The Morgan fingerprint density at radius 2 is 1.70 bits per heavy atom. The van der Waals surface area contributed by atoms with Gasteiger partial charge in [0.2, 0.25) is 0 Å². The van der Waals surface area contributed by atoms with Gasteiger partial charge in [-0.15, -0.1) is 11.6 Å². The van der Waals surface area contributed by atoms with Crippen LogP contribution in [0.1, 0.15) is 40.9 Å². The molecule has 1 aliphatic rings. The number of rotatable bonds is 6. The third-order valence-electron chi connectivity index (χ3n) is 6.25. The van der Waals surface area contributed by atoms with Crippen LogP contribution in [-0.4, -0.2) is 11.8 Å². The highest BCUT2D eigenvalue weighted by atomic mass is 127. The minimum absolute atomic E-state index is 0.0770. The smallest absolute Gasteiger partial charge is 0.253 e. The number of nitrogens with zero attached hydrogens (tertiary/aromatic N) is 1. The van der Waals surface area contributed by atoms with Crippen LogP contribution in [0.25, 0.3) is 0 Å². The van der Waals surface area contributed by atoms with Gasteiger partial charge in [0.25, 0.3) is 11.8 Å². The Bertz CT molecular complexity index is 1390. The molecule has 4 nitrogen and oxygen atoms in total. The number of anilines is 1.